The SMILES string of the molecule is COC(=O)Nc1c(N)nc(-c2nn(Cc3ccccc3F)c3ncccc23)nc1N.CS(C)=O.CS(C)=O. The predicted octanol–water partition coefficient (Wildman–Crippen LogP) is 2.41. The molecule has 0 unspecified atom stereocenters. The second kappa shape index (κ2) is 14.1. The van der Waals surface area contributed by atoms with Crippen LogP contribution in [0, 0.1) is 5.82 Å². The van der Waals surface area contributed by atoms with Crippen LogP contribution in [0.2, 0.25) is 0 Å². The number of hydrogen-bond donors (Lipinski definition) is 3. The first-order valence-corrected chi connectivity index (χ1v) is 14.7. The van der Waals surface area contributed by atoms with Crippen molar-refractivity contribution < 1.29 is 22.3 Å². The second-order valence-corrected chi connectivity index (χ2v) is 10.7. The number of benzene rings is 1. The third kappa shape index (κ3) is 8.55. The van der Waals surface area contributed by atoms with Crippen LogP contribution >= 0.6 is 0 Å². The Balaban J connectivity index is 0.000000559. The molecule has 38 heavy (non-hydrogen) atoms. The standard InChI is InChI=1S/C19H17FN8O2.2C2H6OS/c1-30-19(29)24-14-15(21)25-17(26-16(14)22)13-11-6-4-8-23-18(11)28(27-13)9-10-5-2-3-7-12(10)20;2*1-4(2)3/h2-8H,9H2,1H3,(H,24,29)(H4,21,22,25,26);2*1-2H3. The van der Waals surface area contributed by atoms with Crippen molar-refractivity contribution in [3.63, 3.8) is 0 Å². The fourth-order valence-corrected chi connectivity index (χ4v) is 2.96. The lowest BCUT2D eigenvalue weighted by atomic mass is 10.2. The van der Waals surface area contributed by atoms with Gasteiger partial charge in [0.1, 0.15) is 17.2 Å². The highest BCUT2D eigenvalue weighted by Gasteiger charge is 2.20. The van der Waals surface area contributed by atoms with Gasteiger partial charge in [-0.05, 0) is 18.2 Å². The third-order valence-electron chi connectivity index (χ3n) is 4.37. The molecule has 0 saturated carbocycles. The fourth-order valence-electron chi connectivity index (χ4n) is 2.96. The second-order valence-electron chi connectivity index (χ2n) is 7.76. The number of carbonyl (C=O) groups excluding carboxylic acids is 1. The van der Waals surface area contributed by atoms with Crippen LogP contribution in [0.4, 0.5) is 26.5 Å². The zero-order valence-electron chi connectivity index (χ0n) is 21.5. The van der Waals surface area contributed by atoms with E-state index in [0.29, 0.717) is 22.3 Å². The highest BCUT2D eigenvalue weighted by molar-refractivity contribution is 7.83. The zero-order chi connectivity index (χ0) is 28.4. The van der Waals surface area contributed by atoms with E-state index in [1.807, 2.05) is 0 Å². The van der Waals surface area contributed by atoms with Gasteiger partial charge in [0.25, 0.3) is 0 Å². The topological polar surface area (TPSA) is 181 Å². The van der Waals surface area contributed by atoms with Crippen LogP contribution in [0.15, 0.2) is 42.6 Å². The molecular formula is C23H29FN8O4S2. The van der Waals surface area contributed by atoms with E-state index in [0.717, 1.165) is 0 Å². The van der Waals surface area contributed by atoms with Crippen molar-refractivity contribution in [2.24, 2.45) is 0 Å². The molecule has 0 radical (unpaired) electrons. The molecule has 0 spiro atoms. The molecule has 12 nitrogen and oxygen atoms in total. The smallest absolute Gasteiger partial charge is 0.411 e. The molecule has 0 aliphatic carbocycles. The minimum absolute atomic E-state index is 0.0406. The number of nitrogen functional groups attached to an aromatic ring is 2. The summed E-state index contributed by atoms with van der Waals surface area (Å²) < 4.78 is 39.3. The van der Waals surface area contributed by atoms with E-state index in [9.17, 15) is 17.6 Å². The first-order valence-electron chi connectivity index (χ1n) is 10.8. The largest absolute Gasteiger partial charge is 0.453 e. The highest BCUT2D eigenvalue weighted by atomic mass is 32.2. The monoisotopic (exact) mass is 564 g/mol. The van der Waals surface area contributed by atoms with Crippen LogP contribution in [0.1, 0.15) is 5.56 Å². The van der Waals surface area contributed by atoms with E-state index in [2.05, 4.69) is 30.1 Å². The van der Waals surface area contributed by atoms with Crippen molar-refractivity contribution in [1.82, 2.24) is 24.7 Å². The lowest BCUT2D eigenvalue weighted by Gasteiger charge is -2.10. The Kier molecular flexibility index (Phi) is 11.2. The van der Waals surface area contributed by atoms with Crippen molar-refractivity contribution in [1.29, 1.82) is 0 Å². The number of pyridine rings is 1. The third-order valence-corrected chi connectivity index (χ3v) is 4.37. The molecule has 0 bridgehead atoms. The number of aromatic nitrogens is 5. The molecule has 0 aliphatic rings. The molecule has 3 aromatic heterocycles. The molecule has 1 aromatic carbocycles. The number of methoxy groups -OCH3 is 1. The summed E-state index contributed by atoms with van der Waals surface area (Å²) in [6.07, 6.45) is 7.41. The summed E-state index contributed by atoms with van der Waals surface area (Å²) in [5.41, 5.74) is 13.3. The number of carbonyl (C=O) groups is 1. The van der Waals surface area contributed by atoms with E-state index in [4.69, 9.17) is 11.5 Å². The van der Waals surface area contributed by atoms with E-state index in [-0.39, 0.29) is 35.5 Å². The maximum atomic E-state index is 14.1. The molecule has 4 rings (SSSR count). The van der Waals surface area contributed by atoms with Crippen LogP contribution < -0.4 is 16.8 Å². The number of halogens is 1. The molecular weight excluding hydrogens is 535 g/mol. The van der Waals surface area contributed by atoms with Gasteiger partial charge in [0.05, 0.1) is 19.0 Å². The average molecular weight is 565 g/mol. The Hall–Kier alpha value is -3.98. The highest BCUT2D eigenvalue weighted by Crippen LogP contribution is 2.30. The molecule has 15 heteroatoms. The normalized spacial score (nSPS) is 10.4. The minimum Gasteiger partial charge on any atom is -0.453 e. The van der Waals surface area contributed by atoms with Crippen molar-refractivity contribution in [3.05, 3.63) is 54.0 Å². The Morgan fingerprint density at radius 1 is 1.03 bits per heavy atom. The van der Waals surface area contributed by atoms with E-state index in [1.165, 1.54) is 13.2 Å². The first-order chi connectivity index (χ1) is 17.9. The average Bonchev–Trinajstić information content (AvgIpc) is 3.20. The first kappa shape index (κ1) is 30.2. The van der Waals surface area contributed by atoms with E-state index in [1.54, 1.807) is 66.2 Å². The van der Waals surface area contributed by atoms with Gasteiger partial charge >= 0.3 is 6.09 Å². The number of nitrogens with one attached hydrogen (secondary N) is 1. The maximum absolute atomic E-state index is 14.1. The van der Waals surface area contributed by atoms with Crippen LogP contribution in [-0.4, -0.2) is 71.4 Å². The summed E-state index contributed by atoms with van der Waals surface area (Å²) in [6.45, 7) is 0.160. The minimum atomic E-state index is -0.756. The molecule has 1 amide bonds. The van der Waals surface area contributed by atoms with Crippen molar-refractivity contribution in [3.8, 4) is 11.5 Å². The van der Waals surface area contributed by atoms with Gasteiger partial charge in [0, 0.05) is 58.4 Å². The maximum Gasteiger partial charge on any atom is 0.411 e. The molecule has 4 aromatic rings. The molecule has 3 heterocycles. The van der Waals surface area contributed by atoms with Crippen molar-refractivity contribution in [2.75, 3.05) is 48.9 Å². The Labute approximate surface area is 223 Å². The summed E-state index contributed by atoms with van der Waals surface area (Å²) in [5.74, 6) is -0.306. The summed E-state index contributed by atoms with van der Waals surface area (Å²) in [7, 11) is -0.0156. The molecule has 0 atom stereocenters. The van der Waals surface area contributed by atoms with Crippen LogP contribution in [0.3, 0.4) is 0 Å². The summed E-state index contributed by atoms with van der Waals surface area (Å²) >= 11 is 0. The van der Waals surface area contributed by atoms with Crippen molar-refractivity contribution >= 4 is 56.0 Å². The molecule has 5 N–H and O–H groups in total. The van der Waals surface area contributed by atoms with Gasteiger partial charge in [-0.1, -0.05) is 18.2 Å². The number of rotatable bonds is 4. The Bertz CT molecular complexity index is 1420. The van der Waals surface area contributed by atoms with E-state index >= 15 is 0 Å². The van der Waals surface area contributed by atoms with E-state index < -0.39 is 27.7 Å². The van der Waals surface area contributed by atoms with Gasteiger partial charge in [0.2, 0.25) is 0 Å². The van der Waals surface area contributed by atoms with Gasteiger partial charge in [-0.2, -0.15) is 5.10 Å². The van der Waals surface area contributed by atoms with Crippen LogP contribution in [-0.2, 0) is 32.9 Å². The van der Waals surface area contributed by atoms with Gasteiger partial charge in [-0.15, -0.1) is 0 Å². The summed E-state index contributed by atoms with van der Waals surface area (Å²) in [5, 5.41) is 7.54. The Morgan fingerprint density at radius 3 is 2.16 bits per heavy atom. The molecule has 204 valence electrons. The summed E-state index contributed by atoms with van der Waals surface area (Å²) in [4.78, 5) is 24.3. The number of ether oxygens (including phenoxy) is 1. The number of hydrogen-bond acceptors (Lipinski definition) is 10. The number of nitrogens with zero attached hydrogens (tertiary/aromatic N) is 5. The number of anilines is 3. The van der Waals surface area contributed by atoms with Gasteiger partial charge in [-0.3, -0.25) is 13.7 Å². The zero-order valence-corrected chi connectivity index (χ0v) is 23.1. The van der Waals surface area contributed by atoms with Crippen LogP contribution in [0.25, 0.3) is 22.6 Å². The fraction of sp³-hybridized carbons (Fsp3) is 0.261. The van der Waals surface area contributed by atoms with Gasteiger partial charge < -0.3 is 16.2 Å². The number of fused-ring (bicyclic) bond motifs is 1. The van der Waals surface area contributed by atoms with Crippen molar-refractivity contribution in [2.45, 2.75) is 6.54 Å². The molecule has 0 aliphatic heterocycles. The molecule has 0 saturated heterocycles. The van der Waals surface area contributed by atoms with Crippen LogP contribution in [0.5, 0.6) is 0 Å². The number of amides is 1. The lowest BCUT2D eigenvalue weighted by Crippen LogP contribution is -2.16. The number of nitrogens with two attached hydrogens (primary N) is 2. The van der Waals surface area contributed by atoms with Gasteiger partial charge in [-0.25, -0.2) is 28.8 Å². The quantitative estimate of drug-likeness (QED) is 0.333. The molecule has 0 fully saturated rings. The Morgan fingerprint density at radius 2 is 1.61 bits per heavy atom. The summed E-state index contributed by atoms with van der Waals surface area (Å²) in [6, 6.07) is 9.95. The lowest BCUT2D eigenvalue weighted by molar-refractivity contribution is 0.187. The predicted molar refractivity (Wildman–Crippen MR) is 149 cm³/mol. The van der Waals surface area contributed by atoms with Gasteiger partial charge in [0.15, 0.2) is 23.1 Å².